The summed E-state index contributed by atoms with van der Waals surface area (Å²) in [5.41, 5.74) is 1.04. The monoisotopic (exact) mass is 293 g/mol. The zero-order valence-electron chi connectivity index (χ0n) is 12.4. The Morgan fingerprint density at radius 3 is 2.36 bits per heavy atom. The number of aromatic nitrogens is 1. The maximum absolute atomic E-state index is 12.2. The summed E-state index contributed by atoms with van der Waals surface area (Å²) < 4.78 is 0. The average molecular weight is 293 g/mol. The Balaban J connectivity index is 1.55. The van der Waals surface area contributed by atoms with Crippen LogP contribution in [-0.2, 0) is 4.79 Å². The van der Waals surface area contributed by atoms with E-state index in [9.17, 15) is 4.79 Å². The predicted molar refractivity (Wildman–Crippen MR) is 88.5 cm³/mol. The highest BCUT2D eigenvalue weighted by Crippen LogP contribution is 2.13. The van der Waals surface area contributed by atoms with E-state index in [1.54, 1.807) is 12.3 Å². The Morgan fingerprint density at radius 1 is 0.955 bits per heavy atom. The molecule has 0 saturated carbocycles. The minimum Gasteiger partial charge on any atom is -0.353 e. The molecule has 0 aliphatic carbocycles. The van der Waals surface area contributed by atoms with Gasteiger partial charge in [-0.15, -0.1) is 0 Å². The molecule has 4 nitrogen and oxygen atoms in total. The molecular formula is C18H19N3O. The van der Waals surface area contributed by atoms with Gasteiger partial charge in [-0.05, 0) is 23.8 Å². The van der Waals surface area contributed by atoms with E-state index in [1.165, 1.54) is 0 Å². The van der Waals surface area contributed by atoms with Gasteiger partial charge in [0, 0.05) is 38.5 Å². The topological polar surface area (TPSA) is 36.4 Å². The van der Waals surface area contributed by atoms with Crippen molar-refractivity contribution >= 4 is 17.8 Å². The lowest BCUT2D eigenvalue weighted by Gasteiger charge is -2.34. The van der Waals surface area contributed by atoms with E-state index in [1.807, 2.05) is 59.5 Å². The number of piperazine rings is 1. The average Bonchev–Trinajstić information content (AvgIpc) is 2.61. The van der Waals surface area contributed by atoms with Crippen molar-refractivity contribution in [1.29, 1.82) is 0 Å². The highest BCUT2D eigenvalue weighted by Gasteiger charge is 2.20. The number of nitrogens with zero attached hydrogens (tertiary/aromatic N) is 3. The van der Waals surface area contributed by atoms with Crippen LogP contribution in [0.1, 0.15) is 5.56 Å². The van der Waals surface area contributed by atoms with Gasteiger partial charge in [-0.3, -0.25) is 4.79 Å². The minimum atomic E-state index is 0.0736. The van der Waals surface area contributed by atoms with Crippen molar-refractivity contribution in [2.75, 3.05) is 31.1 Å². The third-order valence-corrected chi connectivity index (χ3v) is 3.78. The lowest BCUT2D eigenvalue weighted by atomic mass is 10.2. The molecule has 112 valence electrons. The number of benzene rings is 1. The highest BCUT2D eigenvalue weighted by atomic mass is 16.2. The highest BCUT2D eigenvalue weighted by molar-refractivity contribution is 5.91. The van der Waals surface area contributed by atoms with Crippen molar-refractivity contribution < 1.29 is 4.79 Å². The molecule has 4 heteroatoms. The maximum Gasteiger partial charge on any atom is 0.246 e. The normalized spacial score (nSPS) is 15.3. The number of carbonyl (C=O) groups excluding carboxylic acids is 1. The van der Waals surface area contributed by atoms with E-state index >= 15 is 0 Å². The van der Waals surface area contributed by atoms with Crippen LogP contribution in [0.4, 0.5) is 5.82 Å². The van der Waals surface area contributed by atoms with Crippen molar-refractivity contribution in [2.45, 2.75) is 0 Å². The summed E-state index contributed by atoms with van der Waals surface area (Å²) in [7, 11) is 0. The van der Waals surface area contributed by atoms with Crippen molar-refractivity contribution in [3.05, 3.63) is 66.4 Å². The number of hydrogen-bond acceptors (Lipinski definition) is 3. The fourth-order valence-electron chi connectivity index (χ4n) is 2.53. The molecule has 3 rings (SSSR count). The number of hydrogen-bond donors (Lipinski definition) is 0. The van der Waals surface area contributed by atoms with Crippen LogP contribution in [0.25, 0.3) is 6.08 Å². The predicted octanol–water partition coefficient (Wildman–Crippen LogP) is 2.44. The van der Waals surface area contributed by atoms with Crippen LogP contribution in [-0.4, -0.2) is 42.0 Å². The standard InChI is InChI=1S/C18H19N3O/c22-18(10-9-16-6-2-1-3-7-16)21-14-12-20(13-15-21)17-8-4-5-11-19-17/h1-11H,12-15H2. The number of amides is 1. The summed E-state index contributed by atoms with van der Waals surface area (Å²) in [6.45, 7) is 3.10. The SMILES string of the molecule is O=C(C=Cc1ccccc1)N1CCN(c2ccccn2)CC1. The van der Waals surface area contributed by atoms with E-state index in [0.717, 1.165) is 37.6 Å². The first-order chi connectivity index (χ1) is 10.8. The summed E-state index contributed by atoms with van der Waals surface area (Å²) in [4.78, 5) is 20.7. The molecule has 0 N–H and O–H groups in total. The van der Waals surface area contributed by atoms with Gasteiger partial charge in [-0.25, -0.2) is 4.98 Å². The molecule has 1 aliphatic heterocycles. The molecule has 1 aromatic heterocycles. The molecule has 1 fully saturated rings. The maximum atomic E-state index is 12.2. The van der Waals surface area contributed by atoms with E-state index in [2.05, 4.69) is 9.88 Å². The first-order valence-corrected chi connectivity index (χ1v) is 7.51. The molecule has 1 saturated heterocycles. The molecule has 22 heavy (non-hydrogen) atoms. The summed E-state index contributed by atoms with van der Waals surface area (Å²) >= 11 is 0. The summed E-state index contributed by atoms with van der Waals surface area (Å²) in [6, 6.07) is 15.8. The number of carbonyl (C=O) groups is 1. The quantitative estimate of drug-likeness (QED) is 0.816. The molecule has 1 aliphatic rings. The van der Waals surface area contributed by atoms with Gasteiger partial charge in [0.25, 0.3) is 0 Å². The van der Waals surface area contributed by atoms with Crippen LogP contribution in [0.5, 0.6) is 0 Å². The van der Waals surface area contributed by atoms with Crippen molar-refractivity contribution in [3.63, 3.8) is 0 Å². The van der Waals surface area contributed by atoms with E-state index in [-0.39, 0.29) is 5.91 Å². The Morgan fingerprint density at radius 2 is 1.68 bits per heavy atom. The molecule has 0 spiro atoms. The summed E-state index contributed by atoms with van der Waals surface area (Å²) in [6.07, 6.45) is 5.33. The molecule has 1 aromatic carbocycles. The number of anilines is 1. The van der Waals surface area contributed by atoms with Gasteiger partial charge in [0.2, 0.25) is 5.91 Å². The van der Waals surface area contributed by atoms with Gasteiger partial charge in [-0.2, -0.15) is 0 Å². The first kappa shape index (κ1) is 14.3. The summed E-state index contributed by atoms with van der Waals surface area (Å²) in [5, 5.41) is 0. The zero-order chi connectivity index (χ0) is 15.2. The molecular weight excluding hydrogens is 274 g/mol. The van der Waals surface area contributed by atoms with Gasteiger partial charge >= 0.3 is 0 Å². The number of rotatable bonds is 3. The molecule has 1 amide bonds. The van der Waals surface area contributed by atoms with Crippen molar-refractivity contribution in [2.24, 2.45) is 0 Å². The van der Waals surface area contributed by atoms with Crippen molar-refractivity contribution in [3.8, 4) is 0 Å². The largest absolute Gasteiger partial charge is 0.353 e. The smallest absolute Gasteiger partial charge is 0.246 e. The van der Waals surface area contributed by atoms with E-state index in [4.69, 9.17) is 0 Å². The second kappa shape index (κ2) is 6.89. The Kier molecular flexibility index (Phi) is 4.49. The van der Waals surface area contributed by atoms with Gasteiger partial charge in [0.15, 0.2) is 0 Å². The van der Waals surface area contributed by atoms with Gasteiger partial charge in [-0.1, -0.05) is 36.4 Å². The molecule has 0 radical (unpaired) electrons. The van der Waals surface area contributed by atoms with Crippen LogP contribution in [0.15, 0.2) is 60.8 Å². The van der Waals surface area contributed by atoms with E-state index in [0.29, 0.717) is 0 Å². The molecule has 0 bridgehead atoms. The fraction of sp³-hybridized carbons (Fsp3) is 0.222. The van der Waals surface area contributed by atoms with Crippen molar-refractivity contribution in [1.82, 2.24) is 9.88 Å². The van der Waals surface area contributed by atoms with Crippen LogP contribution >= 0.6 is 0 Å². The van der Waals surface area contributed by atoms with Gasteiger partial charge in [0.1, 0.15) is 5.82 Å². The molecule has 2 heterocycles. The zero-order valence-corrected chi connectivity index (χ0v) is 12.4. The molecule has 0 atom stereocenters. The Bertz CT molecular complexity index is 632. The lowest BCUT2D eigenvalue weighted by molar-refractivity contribution is -0.126. The second-order valence-electron chi connectivity index (χ2n) is 5.24. The Hall–Kier alpha value is -2.62. The summed E-state index contributed by atoms with van der Waals surface area (Å²) in [5.74, 6) is 1.05. The van der Waals surface area contributed by atoms with Crippen LogP contribution in [0.2, 0.25) is 0 Å². The fourth-order valence-corrected chi connectivity index (χ4v) is 2.53. The first-order valence-electron chi connectivity index (χ1n) is 7.51. The third-order valence-electron chi connectivity index (χ3n) is 3.78. The Labute approximate surface area is 130 Å². The van der Waals surface area contributed by atoms with Gasteiger partial charge < -0.3 is 9.80 Å². The van der Waals surface area contributed by atoms with Gasteiger partial charge in [0.05, 0.1) is 0 Å². The van der Waals surface area contributed by atoms with Crippen LogP contribution < -0.4 is 4.90 Å². The molecule has 2 aromatic rings. The second-order valence-corrected chi connectivity index (χ2v) is 5.24. The number of pyridine rings is 1. The minimum absolute atomic E-state index is 0.0736. The van der Waals surface area contributed by atoms with Crippen LogP contribution in [0, 0.1) is 0 Å². The third kappa shape index (κ3) is 3.52. The lowest BCUT2D eigenvalue weighted by Crippen LogP contribution is -2.48. The molecule has 0 unspecified atom stereocenters. The van der Waals surface area contributed by atoms with Crippen LogP contribution in [0.3, 0.4) is 0 Å². The van der Waals surface area contributed by atoms with E-state index < -0.39 is 0 Å².